The number of carbonyl (C=O) groups is 6. The van der Waals surface area contributed by atoms with Crippen LogP contribution in [0.2, 0.25) is 19.1 Å². The summed E-state index contributed by atoms with van der Waals surface area (Å²) in [5, 5.41) is 20.7. The van der Waals surface area contributed by atoms with Crippen molar-refractivity contribution in [2.45, 2.75) is 156 Å². The number of phenols is 1. The maximum atomic E-state index is 14.8. The van der Waals surface area contributed by atoms with Gasteiger partial charge in [0.25, 0.3) is 5.91 Å². The lowest BCUT2D eigenvalue weighted by molar-refractivity contribution is -0.160. The number of likely N-dealkylation sites (tertiary alicyclic amines) is 1. The number of hydrogen-bond acceptors (Lipinski definition) is 13. The summed E-state index contributed by atoms with van der Waals surface area (Å²) < 4.78 is 11.6. The summed E-state index contributed by atoms with van der Waals surface area (Å²) in [6.07, 6.45) is 3.53. The van der Waals surface area contributed by atoms with Crippen LogP contribution in [0.15, 0.2) is 29.6 Å². The van der Waals surface area contributed by atoms with Crippen LogP contribution in [0.25, 0.3) is 0 Å². The summed E-state index contributed by atoms with van der Waals surface area (Å²) in [5.74, 6) is -3.38. The molecule has 0 aliphatic carbocycles. The zero-order valence-corrected chi connectivity index (χ0v) is 41.4. The minimum Gasteiger partial charge on any atom is -0.508 e. The largest absolute Gasteiger partial charge is 0.508 e. The maximum absolute atomic E-state index is 14.8. The van der Waals surface area contributed by atoms with Gasteiger partial charge in [0.15, 0.2) is 21.2 Å². The molecule has 1 aliphatic heterocycles. The predicted octanol–water partition coefficient (Wildman–Crippen LogP) is 5.69. The van der Waals surface area contributed by atoms with Crippen LogP contribution in [0.5, 0.6) is 5.75 Å². The van der Waals surface area contributed by atoms with Gasteiger partial charge in [0.2, 0.25) is 17.7 Å². The average Bonchev–Trinajstić information content (AvgIpc) is 3.73. The van der Waals surface area contributed by atoms with E-state index in [1.807, 2.05) is 46.6 Å². The number of carbonyl (C=O) groups excluding carboxylic acids is 6. The normalized spacial score (nSPS) is 17.3. The van der Waals surface area contributed by atoms with E-state index >= 15 is 0 Å². The first-order valence-electron chi connectivity index (χ1n) is 22.8. The van der Waals surface area contributed by atoms with Gasteiger partial charge in [-0.25, -0.2) is 4.98 Å². The summed E-state index contributed by atoms with van der Waals surface area (Å²) in [4.78, 5) is 99.4. The van der Waals surface area contributed by atoms with Gasteiger partial charge in [0, 0.05) is 49.7 Å². The molecule has 4 amide bonds. The van der Waals surface area contributed by atoms with Crippen molar-refractivity contribution in [2.75, 3.05) is 26.9 Å². The molecule has 5 N–H and O–H groups in total. The molecule has 0 spiro atoms. The number of amides is 4. The Morgan fingerprint density at radius 3 is 2.30 bits per heavy atom. The number of likely N-dealkylation sites (N-methyl/N-ethyl adjacent to an activating group) is 1. The SMILES string of the molecule is CCCC(=O)OCN(C(=O)[C@@H](NC(=O)[C@H]1CCCCN1C)[C@@H](C)CC)[C@H](C[C@@H](OC(C)=O)c1nc(C(=O)N[C@@H](Cc2ccc(O)cc2)C[C@H](C)C(=O)NCC[Si](C)(C)O)cs1)C(C)C. The van der Waals surface area contributed by atoms with Gasteiger partial charge in [-0.2, -0.15) is 0 Å². The van der Waals surface area contributed by atoms with Crippen LogP contribution in [-0.2, 0) is 39.9 Å². The van der Waals surface area contributed by atoms with Gasteiger partial charge in [0.1, 0.15) is 22.5 Å². The molecule has 2 heterocycles. The Hall–Kier alpha value is -4.39. The number of rotatable bonds is 25. The third kappa shape index (κ3) is 17.5. The Balaban J connectivity index is 1.93. The highest BCUT2D eigenvalue weighted by atomic mass is 32.1. The maximum Gasteiger partial charge on any atom is 0.307 e. The fourth-order valence-electron chi connectivity index (χ4n) is 7.75. The van der Waals surface area contributed by atoms with E-state index in [0.717, 1.165) is 36.3 Å². The van der Waals surface area contributed by atoms with Crippen LogP contribution in [-0.4, -0.2) is 120 Å². The van der Waals surface area contributed by atoms with E-state index in [1.54, 1.807) is 49.7 Å². The molecule has 2 aromatic rings. The summed E-state index contributed by atoms with van der Waals surface area (Å²) in [6, 6.07) is 4.60. The van der Waals surface area contributed by atoms with Crippen molar-refractivity contribution in [1.29, 1.82) is 0 Å². The van der Waals surface area contributed by atoms with Crippen LogP contribution < -0.4 is 16.0 Å². The second-order valence-corrected chi connectivity index (χ2v) is 23.3. The van der Waals surface area contributed by atoms with E-state index < -0.39 is 62.2 Å². The van der Waals surface area contributed by atoms with Gasteiger partial charge in [0.05, 0.1) is 6.04 Å². The van der Waals surface area contributed by atoms with Crippen molar-refractivity contribution < 1.29 is 48.1 Å². The van der Waals surface area contributed by atoms with Crippen LogP contribution in [0, 0.1) is 17.8 Å². The number of benzene rings is 1. The first-order valence-corrected chi connectivity index (χ1v) is 26.8. The fraction of sp³-hybridized carbons (Fsp3) is 0.674. The van der Waals surface area contributed by atoms with Crippen molar-refractivity contribution in [3.8, 4) is 5.75 Å². The number of thiazole rings is 1. The Bertz CT molecular complexity index is 1840. The van der Waals surface area contributed by atoms with Crippen molar-refractivity contribution in [1.82, 2.24) is 30.7 Å². The molecule has 3 rings (SSSR count). The zero-order valence-electron chi connectivity index (χ0n) is 39.6. The van der Waals surface area contributed by atoms with Crippen molar-refractivity contribution in [2.24, 2.45) is 17.8 Å². The number of esters is 2. The molecule has 64 heavy (non-hydrogen) atoms. The topological polar surface area (TPSA) is 217 Å². The van der Waals surface area contributed by atoms with Gasteiger partial charge in [-0.1, -0.05) is 66.5 Å². The van der Waals surface area contributed by atoms with Gasteiger partial charge in [-0.3, -0.25) is 33.7 Å². The molecule has 7 atom stereocenters. The molecule has 1 aliphatic rings. The second-order valence-electron chi connectivity index (χ2n) is 18.3. The minimum absolute atomic E-state index is 0.0431. The van der Waals surface area contributed by atoms with E-state index in [2.05, 4.69) is 20.9 Å². The number of aromatic nitrogens is 1. The summed E-state index contributed by atoms with van der Waals surface area (Å²) in [6.45, 7) is 16.9. The van der Waals surface area contributed by atoms with Crippen molar-refractivity contribution in [3.63, 3.8) is 0 Å². The van der Waals surface area contributed by atoms with Gasteiger partial charge < -0.3 is 40.2 Å². The quantitative estimate of drug-likeness (QED) is 0.0461. The molecule has 18 heteroatoms. The van der Waals surface area contributed by atoms with Crippen LogP contribution in [0.4, 0.5) is 0 Å². The number of piperidine rings is 1. The standard InChI is InChI=1S/C46H74N6O10SSi/c1-11-15-40(55)61-28-52(46(59)41(30(5)12-2)50-44(58)37-16-13-14-22-51(37)8)38(29(3)4)26-39(62-32(7)53)45-49-36(27-63-45)43(57)48-34(25-33-17-19-35(54)20-18-33)24-31(6)42(56)47-21-23-64(9,10)60/h17-20,27,29-31,34,37-39,41,54,60H,11-16,21-26,28H2,1-10H3,(H,47,56)(H,48,57)(H,50,58)/t30-,31-,34+,37+,38+,39+,41-/m0/s1. The number of hydrogen-bond donors (Lipinski definition) is 5. The van der Waals surface area contributed by atoms with E-state index in [-0.39, 0.29) is 67.1 Å². The number of phenolic OH excluding ortho intramolecular Hbond substituents is 1. The highest BCUT2D eigenvalue weighted by Gasteiger charge is 2.39. The zero-order chi connectivity index (χ0) is 47.7. The molecule has 0 saturated carbocycles. The molecular formula is C46H74N6O10SSi. The van der Waals surface area contributed by atoms with Gasteiger partial charge >= 0.3 is 11.9 Å². The molecule has 1 saturated heterocycles. The molecule has 0 bridgehead atoms. The minimum atomic E-state index is -2.36. The third-order valence-electron chi connectivity index (χ3n) is 11.8. The smallest absolute Gasteiger partial charge is 0.307 e. The highest BCUT2D eigenvalue weighted by molar-refractivity contribution is 7.09. The lowest BCUT2D eigenvalue weighted by Gasteiger charge is -2.39. The summed E-state index contributed by atoms with van der Waals surface area (Å²) in [7, 11) is -0.452. The lowest BCUT2D eigenvalue weighted by atomic mass is 9.92. The van der Waals surface area contributed by atoms with E-state index in [1.165, 1.54) is 11.8 Å². The van der Waals surface area contributed by atoms with Crippen LogP contribution >= 0.6 is 11.3 Å². The van der Waals surface area contributed by atoms with Crippen LogP contribution in [0.1, 0.15) is 127 Å². The number of ether oxygens (including phenoxy) is 2. The molecule has 0 unspecified atom stereocenters. The average molecular weight is 931 g/mol. The molecular weight excluding hydrogens is 857 g/mol. The van der Waals surface area contributed by atoms with E-state index in [0.29, 0.717) is 43.3 Å². The first-order chi connectivity index (χ1) is 30.1. The number of aromatic hydroxyl groups is 1. The fourth-order valence-corrected chi connectivity index (χ4v) is 9.32. The Labute approximate surface area is 384 Å². The van der Waals surface area contributed by atoms with Gasteiger partial charge in [-0.15, -0.1) is 11.3 Å². The molecule has 1 fully saturated rings. The first kappa shape index (κ1) is 53.9. The summed E-state index contributed by atoms with van der Waals surface area (Å²) in [5.41, 5.74) is 0.892. The molecule has 1 aromatic heterocycles. The second kappa shape index (κ2) is 25.9. The molecule has 16 nitrogen and oxygen atoms in total. The Morgan fingerprint density at radius 1 is 1.02 bits per heavy atom. The van der Waals surface area contributed by atoms with E-state index in [4.69, 9.17) is 9.47 Å². The molecule has 358 valence electrons. The van der Waals surface area contributed by atoms with E-state index in [9.17, 15) is 38.7 Å². The number of nitrogens with zero attached hydrogens (tertiary/aromatic N) is 3. The van der Waals surface area contributed by atoms with Gasteiger partial charge in [-0.05, 0) is 94.4 Å². The Morgan fingerprint density at radius 2 is 1.70 bits per heavy atom. The third-order valence-corrected chi connectivity index (χ3v) is 14.2. The number of nitrogens with one attached hydrogen (secondary N) is 3. The molecule has 0 radical (unpaired) electrons. The molecule has 1 aromatic carbocycles. The summed E-state index contributed by atoms with van der Waals surface area (Å²) >= 11 is 1.12. The predicted molar refractivity (Wildman–Crippen MR) is 249 cm³/mol. The van der Waals surface area contributed by atoms with Crippen molar-refractivity contribution >= 4 is 55.2 Å². The van der Waals surface area contributed by atoms with Crippen LogP contribution in [0.3, 0.4) is 0 Å². The lowest BCUT2D eigenvalue weighted by Crippen LogP contribution is -2.59. The Kier molecular flexibility index (Phi) is 21.9. The highest BCUT2D eigenvalue weighted by Crippen LogP contribution is 2.32. The van der Waals surface area contributed by atoms with Crippen molar-refractivity contribution in [3.05, 3.63) is 45.9 Å². The monoisotopic (exact) mass is 930 g/mol.